The number of nitrogens with one attached hydrogen (secondary N) is 2. The van der Waals surface area contributed by atoms with Gasteiger partial charge in [0.15, 0.2) is 5.03 Å². The van der Waals surface area contributed by atoms with Crippen LogP contribution in [0.4, 0.5) is 4.79 Å². The molecule has 206 valence electrons. The summed E-state index contributed by atoms with van der Waals surface area (Å²) in [6.45, 7) is 18.8. The highest BCUT2D eigenvalue weighted by atomic mass is 35.5. The maximum atomic E-state index is 12.2. The van der Waals surface area contributed by atoms with Gasteiger partial charge >= 0.3 is 6.09 Å². The van der Waals surface area contributed by atoms with Crippen molar-refractivity contribution >= 4 is 28.5 Å². The summed E-state index contributed by atoms with van der Waals surface area (Å²) in [5.41, 5.74) is 5.40. The Hall–Kier alpha value is -1.46. The molecule has 11 heteroatoms. The molecule has 1 aromatic heterocycles. The van der Waals surface area contributed by atoms with Gasteiger partial charge in [-0.1, -0.05) is 47.6 Å². The quantitative estimate of drug-likeness (QED) is 0.484. The third-order valence-electron chi connectivity index (χ3n) is 5.02. The number of pyridine rings is 1. The smallest absolute Gasteiger partial charge is 0.407 e. The lowest BCUT2D eigenvalue weighted by atomic mass is 9.87. The predicted octanol–water partition coefficient (Wildman–Crippen LogP) is 3.64. The van der Waals surface area contributed by atoms with E-state index >= 15 is 0 Å². The topological polar surface area (TPSA) is 127 Å². The zero-order valence-electron chi connectivity index (χ0n) is 23.3. The molecule has 0 unspecified atom stereocenters. The summed E-state index contributed by atoms with van der Waals surface area (Å²) in [4.78, 5) is 15.5. The Labute approximate surface area is 219 Å². The fourth-order valence-electron chi connectivity index (χ4n) is 2.54. The number of ether oxygens (including phenoxy) is 1. The number of carbonyl (C=O) groups is 1. The molecule has 0 aliphatic rings. The summed E-state index contributed by atoms with van der Waals surface area (Å²) in [6, 6.07) is 4.62. The number of sulfonamides is 1. The van der Waals surface area contributed by atoms with E-state index in [1.165, 1.54) is 23.6 Å². The van der Waals surface area contributed by atoms with E-state index in [1.54, 1.807) is 12.1 Å². The second-order valence-corrected chi connectivity index (χ2v) is 13.5. The van der Waals surface area contributed by atoms with Crippen molar-refractivity contribution < 1.29 is 17.9 Å². The van der Waals surface area contributed by atoms with Crippen molar-refractivity contribution in [2.45, 2.75) is 85.0 Å². The number of halogens is 1. The molecule has 1 aromatic rings. The van der Waals surface area contributed by atoms with Crippen LogP contribution in [0.25, 0.3) is 0 Å². The van der Waals surface area contributed by atoms with Gasteiger partial charge in [0, 0.05) is 38.4 Å². The van der Waals surface area contributed by atoms with E-state index in [9.17, 15) is 13.2 Å². The molecular formula is C24H48ClN5O4S. The van der Waals surface area contributed by atoms with Gasteiger partial charge in [-0.15, -0.1) is 12.4 Å². The van der Waals surface area contributed by atoms with Crippen LogP contribution in [-0.4, -0.2) is 68.7 Å². The fourth-order valence-corrected chi connectivity index (χ4v) is 3.66. The van der Waals surface area contributed by atoms with Gasteiger partial charge in [-0.2, -0.15) is 4.31 Å². The molecule has 4 N–H and O–H groups in total. The van der Waals surface area contributed by atoms with Gasteiger partial charge in [0.1, 0.15) is 5.60 Å². The standard InChI is InChI=1S/C12H21N3O2S.C12H26N2O2.ClH/c1-12(2,3)10(13)9-15(4)18(16,17)11-7-5-6-8-14-11;1-11(2,3)9(8-13-7)14-10(15)16-12(4,5)6;/h5-8,10H,9,13H2,1-4H3;9,13H,8H2,1-7H3,(H,14,15);1H/t10-;9-;/m11./s1. The molecule has 0 saturated carbocycles. The molecule has 1 rings (SSSR count). The molecule has 0 radical (unpaired) electrons. The second kappa shape index (κ2) is 14.3. The van der Waals surface area contributed by atoms with Crippen molar-refractivity contribution in [3.8, 4) is 0 Å². The highest BCUT2D eigenvalue weighted by molar-refractivity contribution is 7.89. The first-order chi connectivity index (χ1) is 15.2. The van der Waals surface area contributed by atoms with Crippen molar-refractivity contribution in [2.75, 3.05) is 27.2 Å². The van der Waals surface area contributed by atoms with E-state index < -0.39 is 15.6 Å². The number of nitrogens with two attached hydrogens (primary N) is 1. The molecule has 1 heterocycles. The van der Waals surface area contributed by atoms with Crippen LogP contribution < -0.4 is 16.4 Å². The molecule has 0 aromatic carbocycles. The number of rotatable bonds is 7. The summed E-state index contributed by atoms with van der Waals surface area (Å²) in [7, 11) is -0.158. The van der Waals surface area contributed by atoms with Crippen LogP contribution in [0.15, 0.2) is 29.4 Å². The average molecular weight is 538 g/mol. The summed E-state index contributed by atoms with van der Waals surface area (Å²) in [5.74, 6) is 0. The van der Waals surface area contributed by atoms with Crippen LogP contribution in [-0.2, 0) is 14.8 Å². The Balaban J connectivity index is 0. The van der Waals surface area contributed by atoms with E-state index in [-0.39, 0.29) is 53.0 Å². The molecule has 0 bridgehead atoms. The number of carbonyl (C=O) groups excluding carboxylic acids is 1. The van der Waals surface area contributed by atoms with Crippen molar-refractivity contribution in [1.29, 1.82) is 0 Å². The summed E-state index contributed by atoms with van der Waals surface area (Å²) in [5, 5.41) is 6.01. The molecule has 0 aliphatic heterocycles. The Morgan fingerprint density at radius 1 is 1.09 bits per heavy atom. The van der Waals surface area contributed by atoms with Crippen LogP contribution in [0.1, 0.15) is 62.3 Å². The van der Waals surface area contributed by atoms with Crippen molar-refractivity contribution in [2.24, 2.45) is 16.6 Å². The van der Waals surface area contributed by atoms with Gasteiger partial charge in [0.2, 0.25) is 0 Å². The largest absolute Gasteiger partial charge is 0.444 e. The maximum absolute atomic E-state index is 12.2. The number of likely N-dealkylation sites (N-methyl/N-ethyl adjacent to an activating group) is 2. The Morgan fingerprint density at radius 2 is 1.63 bits per heavy atom. The van der Waals surface area contributed by atoms with Gasteiger partial charge in [0.05, 0.1) is 0 Å². The molecule has 2 atom stereocenters. The summed E-state index contributed by atoms with van der Waals surface area (Å²) < 4.78 is 30.9. The second-order valence-electron chi connectivity index (χ2n) is 11.5. The van der Waals surface area contributed by atoms with Gasteiger partial charge in [-0.05, 0) is 50.8 Å². The van der Waals surface area contributed by atoms with Gasteiger partial charge < -0.3 is 21.1 Å². The minimum atomic E-state index is -3.55. The number of aromatic nitrogens is 1. The molecule has 1 amide bonds. The highest BCUT2D eigenvalue weighted by Crippen LogP contribution is 2.20. The number of nitrogens with zero attached hydrogens (tertiary/aromatic N) is 2. The number of hydrogen-bond donors (Lipinski definition) is 3. The number of hydrogen-bond acceptors (Lipinski definition) is 7. The molecule has 0 spiro atoms. The Bertz CT molecular complexity index is 847. The zero-order valence-corrected chi connectivity index (χ0v) is 24.9. The molecule has 9 nitrogen and oxygen atoms in total. The minimum absolute atomic E-state index is 0. The van der Waals surface area contributed by atoms with Crippen LogP contribution in [0.5, 0.6) is 0 Å². The van der Waals surface area contributed by atoms with E-state index in [0.717, 1.165) is 6.54 Å². The fraction of sp³-hybridized carbons (Fsp3) is 0.750. The van der Waals surface area contributed by atoms with Crippen molar-refractivity contribution in [1.82, 2.24) is 19.9 Å². The first-order valence-electron chi connectivity index (χ1n) is 11.5. The summed E-state index contributed by atoms with van der Waals surface area (Å²) >= 11 is 0. The van der Waals surface area contributed by atoms with E-state index in [1.807, 2.05) is 48.6 Å². The highest BCUT2D eigenvalue weighted by Gasteiger charge is 2.29. The van der Waals surface area contributed by atoms with Gasteiger partial charge in [0.25, 0.3) is 10.0 Å². The van der Waals surface area contributed by atoms with E-state index in [0.29, 0.717) is 0 Å². The molecule has 0 aliphatic carbocycles. The SMILES string of the molecule is CN(C[C@@H](N)C(C)(C)C)S(=O)(=O)c1ccccn1.CNC[C@@H](NC(=O)OC(C)(C)C)C(C)(C)C.Cl. The molecule has 0 fully saturated rings. The minimum Gasteiger partial charge on any atom is -0.444 e. The van der Waals surface area contributed by atoms with Crippen LogP contribution in [0.3, 0.4) is 0 Å². The number of amides is 1. The van der Waals surface area contributed by atoms with Gasteiger partial charge in [-0.25, -0.2) is 18.2 Å². The zero-order chi connectivity index (χ0) is 27.0. The summed E-state index contributed by atoms with van der Waals surface area (Å²) in [6.07, 6.45) is 1.10. The first kappa shape index (κ1) is 35.7. The van der Waals surface area contributed by atoms with E-state index in [2.05, 4.69) is 36.4 Å². The first-order valence-corrected chi connectivity index (χ1v) is 12.9. The third-order valence-corrected chi connectivity index (χ3v) is 6.76. The van der Waals surface area contributed by atoms with Crippen molar-refractivity contribution in [3.63, 3.8) is 0 Å². The average Bonchev–Trinajstić information content (AvgIpc) is 2.66. The maximum Gasteiger partial charge on any atom is 0.407 e. The Morgan fingerprint density at radius 3 is 2.00 bits per heavy atom. The predicted molar refractivity (Wildman–Crippen MR) is 145 cm³/mol. The molecule has 0 saturated heterocycles. The number of alkyl carbamates (subject to hydrolysis) is 1. The monoisotopic (exact) mass is 537 g/mol. The lowest BCUT2D eigenvalue weighted by Gasteiger charge is -2.32. The lowest BCUT2D eigenvalue weighted by Crippen LogP contribution is -2.50. The van der Waals surface area contributed by atoms with Crippen LogP contribution >= 0.6 is 12.4 Å². The Kier molecular flexibility index (Phi) is 14.6. The normalized spacial score (nSPS) is 14.2. The molecule has 35 heavy (non-hydrogen) atoms. The van der Waals surface area contributed by atoms with Crippen LogP contribution in [0, 0.1) is 10.8 Å². The lowest BCUT2D eigenvalue weighted by molar-refractivity contribution is 0.0464. The van der Waals surface area contributed by atoms with Crippen molar-refractivity contribution in [3.05, 3.63) is 24.4 Å². The third kappa shape index (κ3) is 14.0. The van der Waals surface area contributed by atoms with Gasteiger partial charge in [-0.3, -0.25) is 0 Å². The van der Waals surface area contributed by atoms with Crippen LogP contribution in [0.2, 0.25) is 0 Å². The van der Waals surface area contributed by atoms with E-state index in [4.69, 9.17) is 10.5 Å². The molecular weight excluding hydrogens is 490 g/mol.